The Morgan fingerprint density at radius 1 is 0.981 bits per heavy atom. The molecule has 5 N–H and O–H groups in total. The van der Waals surface area contributed by atoms with Crippen molar-refractivity contribution in [2.75, 3.05) is 57.7 Å². The normalized spacial score (nSPS) is 16.1. The number of anilines is 1. The Morgan fingerprint density at radius 3 is 2.17 bits per heavy atom. The number of nitrogens with one attached hydrogen (secondary N) is 1. The number of piperazine rings is 1. The Morgan fingerprint density at radius 2 is 1.60 bits per heavy atom. The fourth-order valence-corrected chi connectivity index (χ4v) is 7.21. The van der Waals surface area contributed by atoms with Gasteiger partial charge in [0.25, 0.3) is 23.6 Å². The summed E-state index contributed by atoms with van der Waals surface area (Å²) in [6, 6.07) is 6.62. The summed E-state index contributed by atoms with van der Waals surface area (Å²) in [5, 5.41) is 2.23. The molecule has 2 aromatic carbocycles. The van der Waals surface area contributed by atoms with Gasteiger partial charge in [0.15, 0.2) is 30.5 Å². The fourth-order valence-electron chi connectivity index (χ4n) is 6.69. The first-order valence-corrected chi connectivity index (χ1v) is 16.9. The minimum atomic E-state index is -3.25. The number of alkyl halides is 2. The van der Waals surface area contributed by atoms with E-state index in [0.29, 0.717) is 39.0 Å². The van der Waals surface area contributed by atoms with Gasteiger partial charge in [0, 0.05) is 63.2 Å². The van der Waals surface area contributed by atoms with E-state index < -0.39 is 40.9 Å². The molecule has 0 unspecified atom stereocenters. The van der Waals surface area contributed by atoms with E-state index in [4.69, 9.17) is 34.7 Å². The summed E-state index contributed by atoms with van der Waals surface area (Å²) >= 11 is 12.6. The van der Waals surface area contributed by atoms with Crippen LogP contribution in [0.15, 0.2) is 36.5 Å². The molecule has 2 fully saturated rings. The molecule has 3 aromatic rings. The van der Waals surface area contributed by atoms with E-state index in [0.717, 1.165) is 6.07 Å². The van der Waals surface area contributed by atoms with Crippen molar-refractivity contribution in [1.82, 2.24) is 19.4 Å². The van der Waals surface area contributed by atoms with Gasteiger partial charge in [0.1, 0.15) is 0 Å². The van der Waals surface area contributed by atoms with Crippen LogP contribution in [0.5, 0.6) is 5.75 Å². The number of primary amides is 2. The Bertz CT molecular complexity index is 1880. The number of likely N-dealkylation sites (tertiary alicyclic amines) is 1. The first-order valence-electron chi connectivity index (χ1n) is 16.1. The maximum absolute atomic E-state index is 14.6. The molecule has 2 saturated heterocycles. The number of rotatable bonds is 11. The van der Waals surface area contributed by atoms with Gasteiger partial charge < -0.3 is 40.4 Å². The first-order chi connectivity index (χ1) is 24.6. The number of piperidine rings is 1. The summed E-state index contributed by atoms with van der Waals surface area (Å²) in [4.78, 5) is 70.5. The molecule has 0 atom stereocenters. The van der Waals surface area contributed by atoms with Crippen molar-refractivity contribution < 1.29 is 46.4 Å². The zero-order valence-electron chi connectivity index (χ0n) is 27.9. The number of carbonyl (C=O) groups is 5. The molecule has 3 heterocycles. The van der Waals surface area contributed by atoms with Crippen molar-refractivity contribution in [3.05, 3.63) is 63.8 Å². The number of amides is 5. The van der Waals surface area contributed by atoms with Crippen molar-refractivity contribution in [2.24, 2.45) is 24.4 Å². The summed E-state index contributed by atoms with van der Waals surface area (Å²) < 4.78 is 45.3. The highest BCUT2D eigenvalue weighted by atomic mass is 35.5. The summed E-state index contributed by atoms with van der Waals surface area (Å²) in [6.07, 6.45) is 2.22. The van der Waals surface area contributed by atoms with Crippen LogP contribution in [0.1, 0.15) is 33.8 Å². The smallest absolute Gasteiger partial charge is 0.387 e. The molecule has 2 aliphatic heterocycles. The molecular weight excluding hydrogens is 732 g/mol. The lowest BCUT2D eigenvalue weighted by molar-refractivity contribution is -0.918. The summed E-state index contributed by atoms with van der Waals surface area (Å²) in [7, 11) is 1.48. The minimum absolute atomic E-state index is 0.0210. The second-order valence-corrected chi connectivity index (χ2v) is 13.5. The Hall–Kier alpha value is -4.87. The van der Waals surface area contributed by atoms with Crippen LogP contribution in [0.4, 0.5) is 18.9 Å². The number of carbonyl (C=O) groups excluding carboxylic acids is 5. The van der Waals surface area contributed by atoms with Gasteiger partial charge in [-0.1, -0.05) is 23.2 Å². The number of aromatic nitrogens is 2. The third kappa shape index (κ3) is 8.43. The van der Waals surface area contributed by atoms with Crippen molar-refractivity contribution >= 4 is 58.4 Å². The van der Waals surface area contributed by atoms with E-state index in [1.54, 1.807) is 9.80 Å². The van der Waals surface area contributed by atoms with Crippen molar-refractivity contribution in [1.29, 1.82) is 0 Å². The van der Waals surface area contributed by atoms with E-state index in [2.05, 4.69) is 15.0 Å². The van der Waals surface area contributed by atoms with Gasteiger partial charge in [-0.3, -0.25) is 24.0 Å². The standard InChI is InChI=1S/C33H35Cl2F3N8O6/c1-43-23(21-4-5-24(52-33(37)38)28(36)27(21)35)15-41-29(43)30(49)42-19-2-3-20(22(34)14-19)32(51)45-10-8-44(9-11-45)31(50)18-6-12-46(13-7-18,16-25(39)47)17-26(40)48/h2-5,14-15,18,33H,6-13,16-17H2,1H3,(H4-,39,40,42,47,48,49,51)/p+1. The topological polar surface area (TPSA) is 183 Å². The second-order valence-electron chi connectivity index (χ2n) is 12.7. The van der Waals surface area contributed by atoms with Gasteiger partial charge in [0.2, 0.25) is 5.91 Å². The maximum Gasteiger partial charge on any atom is 0.387 e. The Labute approximate surface area is 305 Å². The molecule has 278 valence electrons. The third-order valence-corrected chi connectivity index (χ3v) is 9.98. The number of nitrogens with two attached hydrogens (primary N) is 2. The molecule has 1 aromatic heterocycles. The quantitative estimate of drug-likeness (QED) is 0.251. The van der Waals surface area contributed by atoms with Crippen LogP contribution in [0.2, 0.25) is 10.0 Å². The fraction of sp³-hybridized carbons (Fsp3) is 0.394. The highest BCUT2D eigenvalue weighted by Gasteiger charge is 2.40. The number of imidazole rings is 1. The van der Waals surface area contributed by atoms with Crippen LogP contribution in [0, 0.1) is 11.7 Å². The molecular formula is C33H36Cl2F3N8O6+. The van der Waals surface area contributed by atoms with Gasteiger partial charge in [-0.15, -0.1) is 0 Å². The lowest BCUT2D eigenvalue weighted by Gasteiger charge is -2.43. The van der Waals surface area contributed by atoms with Gasteiger partial charge in [0.05, 0.1) is 40.6 Å². The van der Waals surface area contributed by atoms with Gasteiger partial charge in [-0.05, 0) is 30.3 Å². The number of halogens is 5. The van der Waals surface area contributed by atoms with Crippen LogP contribution in [0.3, 0.4) is 0 Å². The summed E-state index contributed by atoms with van der Waals surface area (Å²) in [5.74, 6) is -4.44. The molecule has 5 amide bonds. The average molecular weight is 769 g/mol. The number of nitrogens with zero attached hydrogens (tertiary/aromatic N) is 5. The van der Waals surface area contributed by atoms with Crippen LogP contribution in [-0.2, 0) is 21.4 Å². The molecule has 0 bridgehead atoms. The van der Waals surface area contributed by atoms with Crippen molar-refractivity contribution in [3.8, 4) is 17.0 Å². The lowest BCUT2D eigenvalue weighted by Crippen LogP contribution is -2.61. The number of benzene rings is 2. The molecule has 0 radical (unpaired) electrons. The minimum Gasteiger partial charge on any atom is -0.432 e. The molecule has 0 aliphatic carbocycles. The monoisotopic (exact) mass is 767 g/mol. The van der Waals surface area contributed by atoms with E-state index in [9.17, 15) is 37.1 Å². The number of quaternary nitrogens is 1. The zero-order valence-corrected chi connectivity index (χ0v) is 29.4. The highest BCUT2D eigenvalue weighted by molar-refractivity contribution is 6.34. The lowest BCUT2D eigenvalue weighted by atomic mass is 9.92. The molecule has 0 spiro atoms. The Kier molecular flexibility index (Phi) is 11.7. The molecule has 52 heavy (non-hydrogen) atoms. The molecule has 0 saturated carbocycles. The number of ether oxygens (including phenoxy) is 1. The second kappa shape index (κ2) is 15.8. The van der Waals surface area contributed by atoms with Crippen molar-refractivity contribution in [3.63, 3.8) is 0 Å². The summed E-state index contributed by atoms with van der Waals surface area (Å²) in [6.45, 7) is -1.28. The van der Waals surface area contributed by atoms with Crippen LogP contribution in [0.25, 0.3) is 11.3 Å². The van der Waals surface area contributed by atoms with E-state index >= 15 is 0 Å². The molecule has 5 rings (SSSR count). The first kappa shape index (κ1) is 38.4. The zero-order chi connectivity index (χ0) is 37.9. The van der Waals surface area contributed by atoms with E-state index in [1.165, 1.54) is 42.1 Å². The predicted octanol–water partition coefficient (Wildman–Crippen LogP) is 2.87. The van der Waals surface area contributed by atoms with Gasteiger partial charge in [-0.2, -0.15) is 8.78 Å². The molecule has 2 aliphatic rings. The van der Waals surface area contributed by atoms with Crippen LogP contribution >= 0.6 is 23.2 Å². The SMILES string of the molecule is Cn1c(-c2ccc(OC(F)F)c(F)c2Cl)cnc1C(=O)Nc1ccc(C(=O)N2CCN(C(=O)C3CC[N+](CC(N)=O)(CC(N)=O)CC3)CC2)c(Cl)c1. The largest absolute Gasteiger partial charge is 0.432 e. The van der Waals surface area contributed by atoms with Crippen LogP contribution in [-0.4, -0.2) is 112 Å². The Balaban J connectivity index is 1.17. The highest BCUT2D eigenvalue weighted by Crippen LogP contribution is 2.36. The van der Waals surface area contributed by atoms with E-state index in [1.807, 2.05) is 0 Å². The predicted molar refractivity (Wildman–Crippen MR) is 183 cm³/mol. The third-order valence-electron chi connectivity index (χ3n) is 9.30. The van der Waals surface area contributed by atoms with Gasteiger partial charge >= 0.3 is 6.61 Å². The molecule has 14 nitrogen and oxygen atoms in total. The average Bonchev–Trinajstić information content (AvgIpc) is 3.46. The van der Waals surface area contributed by atoms with Crippen LogP contribution < -0.4 is 21.5 Å². The number of hydrogen-bond acceptors (Lipinski definition) is 7. The molecule has 19 heteroatoms. The van der Waals surface area contributed by atoms with E-state index in [-0.39, 0.29) is 81.7 Å². The number of hydrogen-bond donors (Lipinski definition) is 3. The van der Waals surface area contributed by atoms with Gasteiger partial charge in [-0.25, -0.2) is 9.37 Å². The maximum atomic E-state index is 14.6. The summed E-state index contributed by atoms with van der Waals surface area (Å²) in [5.41, 5.74) is 11.6. The van der Waals surface area contributed by atoms with Crippen molar-refractivity contribution in [2.45, 2.75) is 19.5 Å².